The normalized spacial score (nSPS) is 9.58. The number of anilines is 1. The van der Waals surface area contributed by atoms with Crippen molar-refractivity contribution in [3.05, 3.63) is 36.4 Å². The average Bonchev–Trinajstić information content (AvgIpc) is 2.35. The monoisotopic (exact) mass is 276 g/mol. The Bertz CT molecular complexity index is 507. The highest BCUT2D eigenvalue weighted by molar-refractivity contribution is 7.80. The van der Waals surface area contributed by atoms with Crippen LogP contribution in [0.5, 0.6) is 5.75 Å². The smallest absolute Gasteiger partial charge is 0.261 e. The van der Waals surface area contributed by atoms with Crippen LogP contribution in [-0.4, -0.2) is 17.9 Å². The molecule has 4 nitrogen and oxygen atoms in total. The number of hydrogen-bond donors (Lipinski definition) is 1. The minimum absolute atomic E-state index is 0.00914. The van der Waals surface area contributed by atoms with Gasteiger partial charge in [0.05, 0.1) is 11.7 Å². The Morgan fingerprint density at radius 1 is 1.58 bits per heavy atom. The van der Waals surface area contributed by atoms with Gasteiger partial charge in [0.25, 0.3) is 5.17 Å². The molecule has 0 atom stereocenters. The summed E-state index contributed by atoms with van der Waals surface area (Å²) in [4.78, 5) is 0. The summed E-state index contributed by atoms with van der Waals surface area (Å²) in [6.07, 6.45) is 1.63. The van der Waals surface area contributed by atoms with Crippen LogP contribution in [0.2, 0.25) is 0 Å². The molecule has 100 valence electrons. The minimum atomic E-state index is 0.00914. The molecule has 1 rings (SSSR count). The second kappa shape index (κ2) is 7.39. The molecule has 1 N–H and O–H groups in total. The fraction of sp³-hybridized carbons (Fsp3) is 0.286. The van der Waals surface area contributed by atoms with Crippen LogP contribution in [0.1, 0.15) is 19.4 Å². The Kier molecular flexibility index (Phi) is 5.83. The van der Waals surface area contributed by atoms with E-state index >= 15 is 0 Å². The Balaban J connectivity index is 2.83. The number of nitriles is 1. The fourth-order valence-electron chi connectivity index (χ4n) is 1.32. The molecule has 0 fully saturated rings. The summed E-state index contributed by atoms with van der Waals surface area (Å²) >= 11 is 5.05. The zero-order valence-electron chi connectivity index (χ0n) is 11.0. The first-order valence-electron chi connectivity index (χ1n) is 5.82. The van der Waals surface area contributed by atoms with Gasteiger partial charge in [0.1, 0.15) is 18.4 Å². The summed E-state index contributed by atoms with van der Waals surface area (Å²) in [6, 6.07) is 7.18. The highest BCUT2D eigenvalue weighted by atomic mass is 32.1. The van der Waals surface area contributed by atoms with Crippen molar-refractivity contribution >= 4 is 23.1 Å². The van der Waals surface area contributed by atoms with Crippen molar-refractivity contribution in [2.75, 3.05) is 11.9 Å². The highest BCUT2D eigenvalue weighted by Gasteiger charge is 2.07. The maximum atomic E-state index is 8.98. The van der Waals surface area contributed by atoms with Gasteiger partial charge in [-0.05, 0) is 38.2 Å². The number of ether oxygens (including phenoxy) is 2. The van der Waals surface area contributed by atoms with Crippen LogP contribution in [0.25, 0.3) is 0 Å². The zero-order valence-corrected chi connectivity index (χ0v) is 11.8. The van der Waals surface area contributed by atoms with E-state index in [0.717, 1.165) is 0 Å². The van der Waals surface area contributed by atoms with E-state index in [1.165, 1.54) is 0 Å². The molecular formula is C14H16N2O2S. The highest BCUT2D eigenvalue weighted by Crippen LogP contribution is 2.23. The number of thiocarbonyl (C=S) groups is 1. The van der Waals surface area contributed by atoms with E-state index in [-0.39, 0.29) is 11.3 Å². The Hall–Kier alpha value is -2.06. The van der Waals surface area contributed by atoms with Gasteiger partial charge < -0.3 is 14.8 Å². The average molecular weight is 276 g/mol. The molecule has 1 aromatic carbocycles. The van der Waals surface area contributed by atoms with Crippen LogP contribution in [0.15, 0.2) is 30.9 Å². The Morgan fingerprint density at radius 3 is 2.89 bits per heavy atom. The van der Waals surface area contributed by atoms with Gasteiger partial charge in [-0.1, -0.05) is 12.7 Å². The molecule has 1 aromatic rings. The third-order valence-electron chi connectivity index (χ3n) is 2.05. The van der Waals surface area contributed by atoms with Crippen molar-refractivity contribution in [1.82, 2.24) is 0 Å². The van der Waals surface area contributed by atoms with Crippen LogP contribution in [-0.2, 0) is 4.74 Å². The molecular weight excluding hydrogens is 260 g/mol. The lowest BCUT2D eigenvalue weighted by Gasteiger charge is -2.13. The van der Waals surface area contributed by atoms with Gasteiger partial charge in [-0.3, -0.25) is 0 Å². The summed E-state index contributed by atoms with van der Waals surface area (Å²) in [6.45, 7) is 7.70. The van der Waals surface area contributed by atoms with E-state index in [9.17, 15) is 0 Å². The van der Waals surface area contributed by atoms with Crippen LogP contribution < -0.4 is 10.1 Å². The Morgan fingerprint density at radius 2 is 2.32 bits per heavy atom. The molecule has 0 unspecified atom stereocenters. The maximum absolute atomic E-state index is 8.98. The van der Waals surface area contributed by atoms with Gasteiger partial charge >= 0.3 is 0 Å². The van der Waals surface area contributed by atoms with Crippen LogP contribution >= 0.6 is 12.2 Å². The van der Waals surface area contributed by atoms with Gasteiger partial charge in [-0.25, -0.2) is 0 Å². The molecule has 0 spiro atoms. The number of benzene rings is 1. The van der Waals surface area contributed by atoms with Crippen molar-refractivity contribution in [3.8, 4) is 11.8 Å². The van der Waals surface area contributed by atoms with E-state index in [1.807, 2.05) is 13.8 Å². The maximum Gasteiger partial charge on any atom is 0.261 e. The predicted molar refractivity (Wildman–Crippen MR) is 79.3 cm³/mol. The third-order valence-corrected chi connectivity index (χ3v) is 2.25. The quantitative estimate of drug-likeness (QED) is 0.661. The Labute approximate surface area is 118 Å². The fourth-order valence-corrected chi connectivity index (χ4v) is 1.63. The second-order valence-electron chi connectivity index (χ2n) is 4.00. The molecule has 0 heterocycles. The first-order chi connectivity index (χ1) is 9.06. The van der Waals surface area contributed by atoms with E-state index in [2.05, 4.69) is 18.0 Å². The molecule has 0 amide bonds. The standard InChI is InChI=1S/C14H16N2O2S/c1-4-7-17-13-8-12(6-5-11(13)9-15)16-14(19)18-10(2)3/h4-6,8,10H,1,7H2,2-3H3,(H,16,19). The first kappa shape index (κ1) is 15.0. The van der Waals surface area contributed by atoms with Crippen molar-refractivity contribution < 1.29 is 9.47 Å². The van der Waals surface area contributed by atoms with Crippen molar-refractivity contribution in [2.45, 2.75) is 20.0 Å². The van der Waals surface area contributed by atoms with Gasteiger partial charge in [0.15, 0.2) is 0 Å². The molecule has 19 heavy (non-hydrogen) atoms. The van der Waals surface area contributed by atoms with Gasteiger partial charge in [0, 0.05) is 11.8 Å². The van der Waals surface area contributed by atoms with Gasteiger partial charge in [-0.2, -0.15) is 5.26 Å². The molecule has 0 bridgehead atoms. The minimum Gasteiger partial charge on any atom is -0.488 e. The summed E-state index contributed by atoms with van der Waals surface area (Å²) in [5.41, 5.74) is 1.17. The zero-order chi connectivity index (χ0) is 14.3. The molecule has 5 heteroatoms. The lowest BCUT2D eigenvalue weighted by atomic mass is 10.2. The number of nitrogens with zero attached hydrogens (tertiary/aromatic N) is 1. The van der Waals surface area contributed by atoms with E-state index in [1.54, 1.807) is 24.3 Å². The van der Waals surface area contributed by atoms with Crippen LogP contribution in [0, 0.1) is 11.3 Å². The molecule has 0 saturated carbocycles. The second-order valence-corrected chi connectivity index (χ2v) is 4.37. The van der Waals surface area contributed by atoms with Crippen molar-refractivity contribution in [2.24, 2.45) is 0 Å². The predicted octanol–water partition coefficient (Wildman–Crippen LogP) is 3.24. The van der Waals surface area contributed by atoms with E-state index in [0.29, 0.717) is 23.6 Å². The number of nitrogens with one attached hydrogen (secondary N) is 1. The molecule has 0 aliphatic rings. The van der Waals surface area contributed by atoms with Crippen LogP contribution in [0.3, 0.4) is 0 Å². The van der Waals surface area contributed by atoms with Crippen LogP contribution in [0.4, 0.5) is 5.69 Å². The summed E-state index contributed by atoms with van der Waals surface area (Å²) in [5, 5.41) is 12.2. The summed E-state index contributed by atoms with van der Waals surface area (Å²) < 4.78 is 10.7. The molecule has 0 radical (unpaired) electrons. The number of rotatable bonds is 5. The molecule has 0 aliphatic carbocycles. The van der Waals surface area contributed by atoms with E-state index in [4.69, 9.17) is 27.0 Å². The van der Waals surface area contributed by atoms with Gasteiger partial charge in [0.2, 0.25) is 0 Å². The first-order valence-corrected chi connectivity index (χ1v) is 6.23. The van der Waals surface area contributed by atoms with Crippen molar-refractivity contribution in [3.63, 3.8) is 0 Å². The summed E-state index contributed by atoms with van der Waals surface area (Å²) in [5.74, 6) is 0.486. The largest absolute Gasteiger partial charge is 0.488 e. The lowest BCUT2D eigenvalue weighted by molar-refractivity contribution is 0.235. The third kappa shape index (κ3) is 4.98. The molecule has 0 aliphatic heterocycles. The van der Waals surface area contributed by atoms with Gasteiger partial charge in [-0.15, -0.1) is 0 Å². The van der Waals surface area contributed by atoms with E-state index < -0.39 is 0 Å². The molecule has 0 aromatic heterocycles. The summed E-state index contributed by atoms with van der Waals surface area (Å²) in [7, 11) is 0. The van der Waals surface area contributed by atoms with Crippen molar-refractivity contribution in [1.29, 1.82) is 5.26 Å². The lowest BCUT2D eigenvalue weighted by Crippen LogP contribution is -2.17. The molecule has 0 saturated heterocycles. The number of hydrogen-bond acceptors (Lipinski definition) is 4. The SMILES string of the molecule is C=CCOc1cc(NC(=S)OC(C)C)ccc1C#N. The topological polar surface area (TPSA) is 54.3 Å².